The molecule has 484 valence electrons. The van der Waals surface area contributed by atoms with E-state index in [0.717, 1.165) is 64.2 Å². The van der Waals surface area contributed by atoms with Crippen molar-refractivity contribution in [1.82, 2.24) is 5.32 Å². The molecule has 0 bridgehead atoms. The van der Waals surface area contributed by atoms with Crippen LogP contribution >= 0.6 is 7.82 Å². The summed E-state index contributed by atoms with van der Waals surface area (Å²) >= 11 is 0. The summed E-state index contributed by atoms with van der Waals surface area (Å²) in [4.78, 5) is 25.7. The van der Waals surface area contributed by atoms with E-state index in [-0.39, 0.29) is 19.1 Å². The molecule has 3 unspecified atom stereocenters. The van der Waals surface area contributed by atoms with Crippen LogP contribution in [0.5, 0.6) is 0 Å². The van der Waals surface area contributed by atoms with Crippen molar-refractivity contribution in [3.05, 3.63) is 48.6 Å². The van der Waals surface area contributed by atoms with Crippen molar-refractivity contribution in [3.8, 4) is 0 Å². The zero-order chi connectivity index (χ0) is 59.8. The van der Waals surface area contributed by atoms with E-state index in [0.29, 0.717) is 23.9 Å². The number of unbranched alkanes of at least 4 members (excludes halogenated alkanes) is 46. The number of nitrogens with one attached hydrogen (secondary N) is 1. The number of aliphatic hydroxyl groups excluding tert-OH is 1. The molecule has 0 aliphatic carbocycles. The lowest BCUT2D eigenvalue weighted by Crippen LogP contribution is -2.46. The van der Waals surface area contributed by atoms with Gasteiger partial charge in [0, 0.05) is 6.42 Å². The first-order valence-electron chi connectivity index (χ1n) is 36.0. The number of likely N-dealkylation sites (N-methyl/N-ethyl adjacent to an activating group) is 1. The number of phosphoric acid groups is 1. The number of allylic oxidation sites excluding steroid dienone is 8. The average Bonchev–Trinajstić information content (AvgIpc) is 3.46. The smallest absolute Gasteiger partial charge is 0.268 e. The number of hydrogen-bond donors (Lipinski definition) is 2. The standard InChI is InChI=1S/C73H141N2O6P/c1-6-8-10-12-14-16-18-20-22-24-26-28-29-30-31-32-33-34-35-36-37-38-39-40-41-42-43-44-45-47-49-51-53-55-57-59-61-63-65-67-73(77)74-71(70-81-82(78,79)80-69-68-75(3,4)5)72(76)66-64-62-60-58-56-54-52-50-48-46-27-25-23-21-19-17-15-13-11-9-7-2/h8,10,14,16,20,22,26,28,71-72,76H,6-7,9,11-13,15,17-19,21,23-25,27,29-70H2,1-5H3,(H-,74,77,78,79)/b10-8-,16-14-,22-20-,28-26-. The molecule has 0 aromatic rings. The van der Waals surface area contributed by atoms with Gasteiger partial charge in [-0.3, -0.25) is 9.36 Å². The molecule has 0 saturated carbocycles. The van der Waals surface area contributed by atoms with Gasteiger partial charge in [-0.25, -0.2) is 0 Å². The predicted molar refractivity (Wildman–Crippen MR) is 358 cm³/mol. The van der Waals surface area contributed by atoms with Gasteiger partial charge in [-0.1, -0.05) is 351 Å². The maximum atomic E-state index is 13.1. The minimum atomic E-state index is -4.58. The van der Waals surface area contributed by atoms with Crippen LogP contribution in [0.25, 0.3) is 0 Å². The Kier molecular flexibility index (Phi) is 62.7. The van der Waals surface area contributed by atoms with Crippen LogP contribution in [0.15, 0.2) is 48.6 Å². The van der Waals surface area contributed by atoms with Gasteiger partial charge in [0.05, 0.1) is 39.9 Å². The number of hydrogen-bond acceptors (Lipinski definition) is 6. The molecule has 1 amide bonds. The first-order valence-corrected chi connectivity index (χ1v) is 37.4. The van der Waals surface area contributed by atoms with Crippen LogP contribution < -0.4 is 10.2 Å². The molecule has 8 nitrogen and oxygen atoms in total. The molecule has 0 fully saturated rings. The first-order chi connectivity index (χ1) is 40.0. The molecular formula is C73H141N2O6P. The molecule has 82 heavy (non-hydrogen) atoms. The zero-order valence-corrected chi connectivity index (χ0v) is 56.4. The van der Waals surface area contributed by atoms with Crippen LogP contribution in [0.3, 0.4) is 0 Å². The third kappa shape index (κ3) is 66.0. The second-order valence-corrected chi connectivity index (χ2v) is 27.3. The molecule has 0 aliphatic heterocycles. The number of aliphatic hydroxyl groups is 1. The highest BCUT2D eigenvalue weighted by molar-refractivity contribution is 7.45. The summed E-state index contributed by atoms with van der Waals surface area (Å²) < 4.78 is 23.5. The topological polar surface area (TPSA) is 108 Å². The fraction of sp³-hybridized carbons (Fsp3) is 0.877. The summed E-state index contributed by atoms with van der Waals surface area (Å²) in [7, 11) is 1.32. The number of carbonyl (C=O) groups is 1. The van der Waals surface area contributed by atoms with Gasteiger partial charge in [-0.15, -0.1) is 0 Å². The van der Waals surface area contributed by atoms with Gasteiger partial charge in [0.25, 0.3) is 7.82 Å². The van der Waals surface area contributed by atoms with E-state index in [1.807, 2.05) is 21.1 Å². The van der Waals surface area contributed by atoms with Crippen molar-refractivity contribution in [3.63, 3.8) is 0 Å². The Bertz CT molecular complexity index is 1480. The fourth-order valence-corrected chi connectivity index (χ4v) is 11.8. The summed E-state index contributed by atoms with van der Waals surface area (Å²) in [5.41, 5.74) is 0. The van der Waals surface area contributed by atoms with Crippen molar-refractivity contribution in [1.29, 1.82) is 0 Å². The van der Waals surface area contributed by atoms with Crippen LogP contribution in [0.1, 0.15) is 361 Å². The molecule has 0 heterocycles. The van der Waals surface area contributed by atoms with Crippen LogP contribution in [-0.4, -0.2) is 68.5 Å². The Morgan fingerprint density at radius 1 is 0.439 bits per heavy atom. The lowest BCUT2D eigenvalue weighted by molar-refractivity contribution is -0.870. The minimum Gasteiger partial charge on any atom is -0.756 e. The maximum absolute atomic E-state index is 13.1. The van der Waals surface area contributed by atoms with Gasteiger partial charge in [0.15, 0.2) is 0 Å². The summed E-state index contributed by atoms with van der Waals surface area (Å²) in [5, 5.41) is 14.1. The Morgan fingerprint density at radius 2 is 0.744 bits per heavy atom. The fourth-order valence-electron chi connectivity index (χ4n) is 11.0. The Balaban J connectivity index is 3.90. The molecule has 0 radical (unpaired) electrons. The molecule has 2 N–H and O–H groups in total. The molecule has 0 spiro atoms. The van der Waals surface area contributed by atoms with Crippen molar-refractivity contribution in [2.45, 2.75) is 373 Å². The monoisotopic (exact) mass is 1170 g/mol. The van der Waals surface area contributed by atoms with Crippen LogP contribution in [0.4, 0.5) is 0 Å². The highest BCUT2D eigenvalue weighted by atomic mass is 31.2. The van der Waals surface area contributed by atoms with Gasteiger partial charge in [0.2, 0.25) is 5.91 Å². The van der Waals surface area contributed by atoms with Gasteiger partial charge in [-0.05, 0) is 51.4 Å². The Morgan fingerprint density at radius 3 is 1.09 bits per heavy atom. The second-order valence-electron chi connectivity index (χ2n) is 25.9. The van der Waals surface area contributed by atoms with E-state index in [2.05, 4.69) is 67.8 Å². The van der Waals surface area contributed by atoms with E-state index in [4.69, 9.17) is 9.05 Å². The number of nitrogens with zero attached hydrogens (tertiary/aromatic N) is 1. The largest absolute Gasteiger partial charge is 0.756 e. The van der Waals surface area contributed by atoms with E-state index in [1.165, 1.54) is 270 Å². The molecule has 0 rings (SSSR count). The second kappa shape index (κ2) is 63.9. The third-order valence-corrected chi connectivity index (χ3v) is 17.5. The quantitative estimate of drug-likeness (QED) is 0.0272. The molecular weight excluding hydrogens is 1030 g/mol. The molecule has 0 aromatic heterocycles. The van der Waals surface area contributed by atoms with Gasteiger partial charge in [0.1, 0.15) is 13.2 Å². The number of rotatable bonds is 67. The van der Waals surface area contributed by atoms with Gasteiger partial charge < -0.3 is 28.8 Å². The van der Waals surface area contributed by atoms with Crippen molar-refractivity contribution in [2.24, 2.45) is 0 Å². The minimum absolute atomic E-state index is 0.0146. The van der Waals surface area contributed by atoms with Crippen molar-refractivity contribution >= 4 is 13.7 Å². The van der Waals surface area contributed by atoms with Crippen LogP contribution in [0, 0.1) is 0 Å². The summed E-state index contributed by atoms with van der Waals surface area (Å²) in [5.74, 6) is -0.156. The van der Waals surface area contributed by atoms with E-state index in [9.17, 15) is 19.4 Å². The highest BCUT2D eigenvalue weighted by Crippen LogP contribution is 2.38. The van der Waals surface area contributed by atoms with Crippen LogP contribution in [0.2, 0.25) is 0 Å². The van der Waals surface area contributed by atoms with Crippen molar-refractivity contribution in [2.75, 3.05) is 40.9 Å². The van der Waals surface area contributed by atoms with E-state index in [1.54, 1.807) is 0 Å². The van der Waals surface area contributed by atoms with Gasteiger partial charge >= 0.3 is 0 Å². The SMILES string of the molecule is CC/C=C\C/C=C\C/C=C\C/C=C\CCCCCCCCCCCCCCCCCCCCCCCCCCCCC(=O)NC(COP(=O)([O-])OCC[N+](C)(C)C)C(O)CCCCCCCCCCCCCCCCCCCCCCC. The Hall–Kier alpha value is -1.54. The number of carbonyl (C=O) groups excluding carboxylic acids is 1. The maximum Gasteiger partial charge on any atom is 0.268 e. The summed E-state index contributed by atoms with van der Waals surface area (Å²) in [6.07, 6.45) is 86.3. The molecule has 0 aromatic carbocycles. The molecule has 0 aliphatic rings. The lowest BCUT2D eigenvalue weighted by atomic mass is 10.0. The third-order valence-electron chi connectivity index (χ3n) is 16.6. The first kappa shape index (κ1) is 80.5. The molecule has 9 heteroatoms. The molecule has 0 saturated heterocycles. The highest BCUT2D eigenvalue weighted by Gasteiger charge is 2.24. The number of quaternary nitrogens is 1. The van der Waals surface area contributed by atoms with Crippen molar-refractivity contribution < 1.29 is 32.9 Å². The lowest BCUT2D eigenvalue weighted by Gasteiger charge is -2.30. The van der Waals surface area contributed by atoms with E-state index < -0.39 is 20.0 Å². The normalized spacial score (nSPS) is 13.9. The summed E-state index contributed by atoms with van der Waals surface area (Å²) in [6.45, 7) is 4.66. The van der Waals surface area contributed by atoms with Gasteiger partial charge in [-0.2, -0.15) is 0 Å². The summed E-state index contributed by atoms with van der Waals surface area (Å²) in [6, 6.07) is -0.800. The molecule has 3 atom stereocenters. The average molecular weight is 1170 g/mol. The van der Waals surface area contributed by atoms with Crippen LogP contribution in [-0.2, 0) is 18.4 Å². The predicted octanol–water partition coefficient (Wildman–Crippen LogP) is 22.4. The number of amides is 1. The number of phosphoric ester groups is 1. The zero-order valence-electron chi connectivity index (χ0n) is 55.5. The Labute approximate surface area is 511 Å². The van der Waals surface area contributed by atoms with E-state index >= 15 is 0 Å².